The molecule has 0 aromatic heterocycles. The molecule has 0 fully saturated rings. The molecule has 0 amide bonds. The van der Waals surface area contributed by atoms with Crippen molar-refractivity contribution in [1.29, 1.82) is 0 Å². The highest BCUT2D eigenvalue weighted by atomic mass is 16.6. The first-order valence-electron chi connectivity index (χ1n) is 7.11. The topological polar surface area (TPSA) is 78.9 Å². The summed E-state index contributed by atoms with van der Waals surface area (Å²) in [6.07, 6.45) is 0. The van der Waals surface area contributed by atoms with Gasteiger partial charge >= 0.3 is 11.9 Å². The SMILES string of the molecule is COc1ccc(C(C)=O)c(OC(=O)c2ccccc2OC(C)=O)c1. The minimum atomic E-state index is -0.748. The Morgan fingerprint density at radius 1 is 0.833 bits per heavy atom. The van der Waals surface area contributed by atoms with Crippen LogP contribution in [0.4, 0.5) is 0 Å². The molecule has 0 atom stereocenters. The Balaban J connectivity index is 2.37. The van der Waals surface area contributed by atoms with Crippen LogP contribution in [0.1, 0.15) is 34.6 Å². The van der Waals surface area contributed by atoms with Crippen LogP contribution in [0.2, 0.25) is 0 Å². The third kappa shape index (κ3) is 3.98. The Morgan fingerprint density at radius 3 is 2.17 bits per heavy atom. The van der Waals surface area contributed by atoms with Crippen LogP contribution in [-0.4, -0.2) is 24.8 Å². The lowest BCUT2D eigenvalue weighted by Gasteiger charge is -2.12. The van der Waals surface area contributed by atoms with Gasteiger partial charge in [-0.1, -0.05) is 12.1 Å². The number of rotatable bonds is 5. The number of ketones is 1. The smallest absolute Gasteiger partial charge is 0.347 e. The van der Waals surface area contributed by atoms with Crippen LogP contribution in [0.5, 0.6) is 17.2 Å². The summed E-state index contributed by atoms with van der Waals surface area (Å²) in [5.74, 6) is -0.958. The fourth-order valence-corrected chi connectivity index (χ4v) is 2.04. The normalized spacial score (nSPS) is 9.96. The van der Waals surface area contributed by atoms with E-state index in [0.29, 0.717) is 5.75 Å². The monoisotopic (exact) mass is 328 g/mol. The molecule has 24 heavy (non-hydrogen) atoms. The molecule has 0 bridgehead atoms. The number of hydrogen-bond acceptors (Lipinski definition) is 6. The minimum absolute atomic E-state index is 0.0736. The van der Waals surface area contributed by atoms with Crippen LogP contribution in [0.15, 0.2) is 42.5 Å². The van der Waals surface area contributed by atoms with Gasteiger partial charge in [0.1, 0.15) is 22.8 Å². The van der Waals surface area contributed by atoms with Crippen LogP contribution < -0.4 is 14.2 Å². The van der Waals surface area contributed by atoms with Crippen molar-refractivity contribution < 1.29 is 28.6 Å². The van der Waals surface area contributed by atoms with Crippen molar-refractivity contribution in [2.24, 2.45) is 0 Å². The molecule has 2 aromatic carbocycles. The maximum atomic E-state index is 12.4. The van der Waals surface area contributed by atoms with Gasteiger partial charge in [0.05, 0.1) is 12.7 Å². The number of methoxy groups -OCH3 is 1. The number of esters is 2. The Kier molecular flexibility index (Phi) is 5.31. The van der Waals surface area contributed by atoms with E-state index in [9.17, 15) is 14.4 Å². The van der Waals surface area contributed by atoms with Crippen molar-refractivity contribution in [2.75, 3.05) is 7.11 Å². The Morgan fingerprint density at radius 2 is 1.54 bits per heavy atom. The van der Waals surface area contributed by atoms with Gasteiger partial charge in [-0.05, 0) is 31.2 Å². The lowest BCUT2D eigenvalue weighted by atomic mass is 10.1. The van der Waals surface area contributed by atoms with Crippen LogP contribution >= 0.6 is 0 Å². The minimum Gasteiger partial charge on any atom is -0.497 e. The van der Waals surface area contributed by atoms with Gasteiger partial charge in [-0.2, -0.15) is 0 Å². The van der Waals surface area contributed by atoms with E-state index in [1.54, 1.807) is 18.2 Å². The molecular weight excluding hydrogens is 312 g/mol. The quantitative estimate of drug-likeness (QED) is 0.477. The van der Waals surface area contributed by atoms with E-state index in [-0.39, 0.29) is 28.4 Å². The second-order valence-electron chi connectivity index (χ2n) is 4.90. The summed E-state index contributed by atoms with van der Waals surface area (Å²) in [6.45, 7) is 2.60. The second kappa shape index (κ2) is 7.41. The average Bonchev–Trinajstić information content (AvgIpc) is 2.54. The van der Waals surface area contributed by atoms with Gasteiger partial charge in [0, 0.05) is 13.0 Å². The first-order valence-corrected chi connectivity index (χ1v) is 7.11. The van der Waals surface area contributed by atoms with Gasteiger partial charge in [-0.3, -0.25) is 9.59 Å². The van der Waals surface area contributed by atoms with E-state index in [1.807, 2.05) is 0 Å². The summed E-state index contributed by atoms with van der Waals surface area (Å²) < 4.78 is 15.4. The van der Waals surface area contributed by atoms with Gasteiger partial charge < -0.3 is 14.2 Å². The summed E-state index contributed by atoms with van der Waals surface area (Å²) in [5, 5.41) is 0. The average molecular weight is 328 g/mol. The zero-order valence-corrected chi connectivity index (χ0v) is 13.5. The van der Waals surface area contributed by atoms with E-state index in [4.69, 9.17) is 14.2 Å². The van der Waals surface area contributed by atoms with E-state index in [1.165, 1.54) is 45.2 Å². The van der Waals surface area contributed by atoms with E-state index in [0.717, 1.165) is 0 Å². The zero-order valence-electron chi connectivity index (χ0n) is 13.5. The standard InChI is InChI=1S/C18H16O6/c1-11(19)14-9-8-13(22-3)10-17(14)24-18(21)15-6-4-5-7-16(15)23-12(2)20/h4-10H,1-3H3. The van der Waals surface area contributed by atoms with Crippen molar-refractivity contribution >= 4 is 17.7 Å². The third-order valence-electron chi connectivity index (χ3n) is 3.13. The number of para-hydroxylation sites is 1. The molecule has 124 valence electrons. The Labute approximate surface area is 139 Å². The maximum absolute atomic E-state index is 12.4. The number of carbonyl (C=O) groups is 3. The molecule has 6 nitrogen and oxygen atoms in total. The molecule has 0 spiro atoms. The molecule has 0 saturated carbocycles. The molecule has 6 heteroatoms. The summed E-state index contributed by atoms with van der Waals surface area (Å²) in [6, 6.07) is 10.7. The van der Waals surface area contributed by atoms with Gasteiger partial charge in [-0.15, -0.1) is 0 Å². The van der Waals surface area contributed by atoms with Crippen molar-refractivity contribution in [3.63, 3.8) is 0 Å². The summed E-state index contributed by atoms with van der Waals surface area (Å²) in [7, 11) is 1.46. The van der Waals surface area contributed by atoms with Crippen molar-refractivity contribution in [1.82, 2.24) is 0 Å². The summed E-state index contributed by atoms with van der Waals surface area (Å²) >= 11 is 0. The van der Waals surface area contributed by atoms with Crippen LogP contribution in [0.25, 0.3) is 0 Å². The highest BCUT2D eigenvalue weighted by Crippen LogP contribution is 2.27. The Hall–Kier alpha value is -3.15. The van der Waals surface area contributed by atoms with Crippen LogP contribution in [0.3, 0.4) is 0 Å². The van der Waals surface area contributed by atoms with Crippen molar-refractivity contribution in [3.05, 3.63) is 53.6 Å². The lowest BCUT2D eigenvalue weighted by Crippen LogP contribution is -2.14. The molecule has 0 aliphatic rings. The zero-order chi connectivity index (χ0) is 17.7. The number of Topliss-reactive ketones (excluding diaryl/α,β-unsaturated/α-hetero) is 1. The lowest BCUT2D eigenvalue weighted by molar-refractivity contribution is -0.131. The van der Waals surface area contributed by atoms with Crippen molar-refractivity contribution in [3.8, 4) is 17.2 Å². The molecule has 0 saturated heterocycles. The van der Waals surface area contributed by atoms with Crippen molar-refractivity contribution in [2.45, 2.75) is 13.8 Å². The van der Waals surface area contributed by atoms with E-state index in [2.05, 4.69) is 0 Å². The highest BCUT2D eigenvalue weighted by Gasteiger charge is 2.19. The van der Waals surface area contributed by atoms with Crippen LogP contribution in [0, 0.1) is 0 Å². The van der Waals surface area contributed by atoms with E-state index >= 15 is 0 Å². The predicted octanol–water partition coefficient (Wildman–Crippen LogP) is 3.04. The summed E-state index contributed by atoms with van der Waals surface area (Å²) in [5.41, 5.74) is 0.319. The second-order valence-corrected chi connectivity index (χ2v) is 4.90. The molecule has 0 N–H and O–H groups in total. The fourth-order valence-electron chi connectivity index (χ4n) is 2.04. The first-order chi connectivity index (χ1) is 11.4. The Bertz CT molecular complexity index is 794. The maximum Gasteiger partial charge on any atom is 0.347 e. The molecular formula is C18H16O6. The first kappa shape index (κ1) is 17.2. The van der Waals surface area contributed by atoms with Gasteiger partial charge in [-0.25, -0.2) is 4.79 Å². The van der Waals surface area contributed by atoms with E-state index < -0.39 is 11.9 Å². The number of ether oxygens (including phenoxy) is 3. The molecule has 0 heterocycles. The van der Waals surface area contributed by atoms with Crippen LogP contribution in [-0.2, 0) is 4.79 Å². The molecule has 0 unspecified atom stereocenters. The molecule has 2 aromatic rings. The largest absolute Gasteiger partial charge is 0.497 e. The van der Waals surface area contributed by atoms with Gasteiger partial charge in [0.2, 0.25) is 0 Å². The predicted molar refractivity (Wildman–Crippen MR) is 85.7 cm³/mol. The molecule has 0 radical (unpaired) electrons. The molecule has 0 aliphatic heterocycles. The molecule has 2 rings (SSSR count). The van der Waals surface area contributed by atoms with Gasteiger partial charge in [0.15, 0.2) is 5.78 Å². The highest BCUT2D eigenvalue weighted by molar-refractivity contribution is 6.00. The van der Waals surface area contributed by atoms with Gasteiger partial charge in [0.25, 0.3) is 0 Å². The number of carbonyl (C=O) groups excluding carboxylic acids is 3. The fraction of sp³-hybridized carbons (Fsp3) is 0.167. The summed E-state index contributed by atoms with van der Waals surface area (Å²) in [4.78, 5) is 35.3. The third-order valence-corrected chi connectivity index (χ3v) is 3.13. The number of benzene rings is 2. The number of hydrogen-bond donors (Lipinski definition) is 0. The molecule has 0 aliphatic carbocycles.